The van der Waals surface area contributed by atoms with Gasteiger partial charge in [-0.3, -0.25) is 9.36 Å². The van der Waals surface area contributed by atoms with Gasteiger partial charge in [-0.1, -0.05) is 48.8 Å². The molecule has 2 aromatic rings. The van der Waals surface area contributed by atoms with Gasteiger partial charge in [0.25, 0.3) is 0 Å². The molecule has 0 spiro atoms. The number of carbonyl (C=O) groups is 1. The predicted octanol–water partition coefficient (Wildman–Crippen LogP) is 2.43. The minimum atomic E-state index is -0.234. The fourth-order valence-corrected chi connectivity index (χ4v) is 2.84. The molecule has 0 saturated heterocycles. The Morgan fingerprint density at radius 1 is 1.39 bits per heavy atom. The number of unbranched alkanes of at least 4 members (excludes halogenated alkanes) is 1. The van der Waals surface area contributed by atoms with Crippen molar-refractivity contribution in [1.29, 1.82) is 0 Å². The molecule has 1 heterocycles. The van der Waals surface area contributed by atoms with E-state index in [1.165, 1.54) is 11.8 Å². The molecule has 124 valence electrons. The Balaban J connectivity index is 1.82. The van der Waals surface area contributed by atoms with Gasteiger partial charge in [0, 0.05) is 18.1 Å². The van der Waals surface area contributed by atoms with Crippen LogP contribution in [0.25, 0.3) is 0 Å². The summed E-state index contributed by atoms with van der Waals surface area (Å²) in [6, 6.07) is 7.31. The van der Waals surface area contributed by atoms with Crippen LogP contribution in [-0.4, -0.2) is 26.4 Å². The number of H-pyrrole nitrogens is 1. The molecule has 0 aliphatic rings. The molecule has 0 unspecified atom stereocenters. The molecule has 2 N–H and O–H groups in total. The van der Waals surface area contributed by atoms with Crippen LogP contribution in [0.1, 0.15) is 25.3 Å². The molecule has 1 aromatic carbocycles. The van der Waals surface area contributed by atoms with Crippen molar-refractivity contribution >= 4 is 29.3 Å². The molecule has 0 saturated carbocycles. The lowest BCUT2D eigenvalue weighted by atomic mass is 10.2. The second kappa shape index (κ2) is 8.79. The van der Waals surface area contributed by atoms with E-state index in [-0.39, 0.29) is 17.3 Å². The Kier molecular flexibility index (Phi) is 6.73. The Hall–Kier alpha value is -1.73. The number of halogens is 1. The molecule has 0 aliphatic heterocycles. The van der Waals surface area contributed by atoms with Crippen molar-refractivity contribution in [3.63, 3.8) is 0 Å². The Morgan fingerprint density at radius 3 is 2.83 bits per heavy atom. The average molecular weight is 355 g/mol. The molecular formula is C15H19ClN4O2S. The lowest BCUT2D eigenvalue weighted by Crippen LogP contribution is -2.25. The van der Waals surface area contributed by atoms with Crippen LogP contribution in [0.2, 0.25) is 5.02 Å². The minimum Gasteiger partial charge on any atom is -0.351 e. The topological polar surface area (TPSA) is 79.8 Å². The molecule has 2 rings (SSSR count). The average Bonchev–Trinajstić information content (AvgIpc) is 2.90. The molecule has 1 aromatic heterocycles. The van der Waals surface area contributed by atoms with Crippen LogP contribution in [0.5, 0.6) is 0 Å². The third-order valence-corrected chi connectivity index (χ3v) is 4.42. The second-order valence-electron chi connectivity index (χ2n) is 5.01. The number of aromatic nitrogens is 3. The van der Waals surface area contributed by atoms with Crippen LogP contribution in [0, 0.1) is 0 Å². The van der Waals surface area contributed by atoms with E-state index in [1.54, 1.807) is 16.7 Å². The van der Waals surface area contributed by atoms with E-state index < -0.39 is 0 Å². The van der Waals surface area contributed by atoms with Crippen molar-refractivity contribution in [2.24, 2.45) is 0 Å². The number of benzene rings is 1. The van der Waals surface area contributed by atoms with Gasteiger partial charge >= 0.3 is 5.69 Å². The van der Waals surface area contributed by atoms with Gasteiger partial charge < -0.3 is 5.32 Å². The van der Waals surface area contributed by atoms with Gasteiger partial charge in [-0.25, -0.2) is 9.89 Å². The highest BCUT2D eigenvalue weighted by atomic mass is 35.5. The van der Waals surface area contributed by atoms with Crippen LogP contribution < -0.4 is 11.0 Å². The maximum atomic E-state index is 11.9. The summed E-state index contributed by atoms with van der Waals surface area (Å²) < 4.78 is 1.57. The molecule has 0 atom stereocenters. The van der Waals surface area contributed by atoms with Crippen LogP contribution in [0.15, 0.2) is 34.2 Å². The zero-order chi connectivity index (χ0) is 16.7. The maximum absolute atomic E-state index is 11.9. The van der Waals surface area contributed by atoms with Crippen LogP contribution in [-0.2, 0) is 17.9 Å². The summed E-state index contributed by atoms with van der Waals surface area (Å²) >= 11 is 7.07. The van der Waals surface area contributed by atoms with Gasteiger partial charge in [0.2, 0.25) is 5.91 Å². The first-order valence-corrected chi connectivity index (χ1v) is 8.75. The number of carbonyl (C=O) groups excluding carboxylic acids is 1. The molecule has 0 fully saturated rings. The summed E-state index contributed by atoms with van der Waals surface area (Å²) in [7, 11) is 0. The van der Waals surface area contributed by atoms with Crippen molar-refractivity contribution in [2.45, 2.75) is 38.0 Å². The van der Waals surface area contributed by atoms with E-state index in [4.69, 9.17) is 11.6 Å². The van der Waals surface area contributed by atoms with E-state index >= 15 is 0 Å². The monoisotopic (exact) mass is 354 g/mol. The number of nitrogens with one attached hydrogen (secondary N) is 2. The lowest BCUT2D eigenvalue weighted by molar-refractivity contribution is -0.118. The standard InChI is InChI=1S/C15H19ClN4O2S/c1-2-3-8-20-14(22)18-19-15(20)23-10-13(21)17-9-11-4-6-12(16)7-5-11/h4-7H,2-3,8-10H2,1H3,(H,17,21)(H,18,22). The highest BCUT2D eigenvalue weighted by Crippen LogP contribution is 2.13. The molecular weight excluding hydrogens is 336 g/mol. The van der Waals surface area contributed by atoms with Gasteiger partial charge in [0.1, 0.15) is 0 Å². The molecule has 0 aliphatic carbocycles. The summed E-state index contributed by atoms with van der Waals surface area (Å²) in [6.07, 6.45) is 1.89. The quantitative estimate of drug-likeness (QED) is 0.713. The summed E-state index contributed by atoms with van der Waals surface area (Å²) in [4.78, 5) is 23.6. The highest BCUT2D eigenvalue weighted by Gasteiger charge is 2.10. The maximum Gasteiger partial charge on any atom is 0.343 e. The smallest absolute Gasteiger partial charge is 0.343 e. The van der Waals surface area contributed by atoms with E-state index in [1.807, 2.05) is 12.1 Å². The van der Waals surface area contributed by atoms with Gasteiger partial charge in [-0.15, -0.1) is 5.10 Å². The normalized spacial score (nSPS) is 10.7. The first-order valence-electron chi connectivity index (χ1n) is 7.39. The third kappa shape index (κ3) is 5.44. The number of amides is 1. The Bertz CT molecular complexity index is 696. The summed E-state index contributed by atoms with van der Waals surface area (Å²) in [5, 5.41) is 10.4. The first kappa shape index (κ1) is 17.6. The molecule has 8 heteroatoms. The van der Waals surface area contributed by atoms with E-state index in [2.05, 4.69) is 22.4 Å². The van der Waals surface area contributed by atoms with Gasteiger partial charge in [0.15, 0.2) is 5.16 Å². The number of hydrogen-bond donors (Lipinski definition) is 2. The van der Waals surface area contributed by atoms with Crippen molar-refractivity contribution < 1.29 is 4.79 Å². The van der Waals surface area contributed by atoms with E-state index in [0.29, 0.717) is 23.3 Å². The number of aromatic amines is 1. The Labute approximate surface area is 143 Å². The van der Waals surface area contributed by atoms with Crippen molar-refractivity contribution in [3.05, 3.63) is 45.3 Å². The van der Waals surface area contributed by atoms with Gasteiger partial charge in [-0.2, -0.15) is 0 Å². The molecule has 1 amide bonds. The van der Waals surface area contributed by atoms with Gasteiger partial charge in [-0.05, 0) is 24.1 Å². The number of thioether (sulfide) groups is 1. The van der Waals surface area contributed by atoms with Crippen LogP contribution in [0.3, 0.4) is 0 Å². The predicted molar refractivity (Wildman–Crippen MR) is 91.8 cm³/mol. The van der Waals surface area contributed by atoms with Gasteiger partial charge in [0.05, 0.1) is 5.75 Å². The fraction of sp³-hybridized carbons (Fsp3) is 0.400. The Morgan fingerprint density at radius 2 is 2.13 bits per heavy atom. The number of hydrogen-bond acceptors (Lipinski definition) is 4. The fourth-order valence-electron chi connectivity index (χ4n) is 1.91. The minimum absolute atomic E-state index is 0.109. The zero-order valence-corrected chi connectivity index (χ0v) is 14.4. The summed E-state index contributed by atoms with van der Waals surface area (Å²) in [6.45, 7) is 3.11. The number of rotatable bonds is 8. The summed E-state index contributed by atoms with van der Waals surface area (Å²) in [5.41, 5.74) is 0.745. The van der Waals surface area contributed by atoms with Crippen molar-refractivity contribution in [1.82, 2.24) is 20.1 Å². The van der Waals surface area contributed by atoms with Crippen LogP contribution in [0.4, 0.5) is 0 Å². The van der Waals surface area contributed by atoms with E-state index in [9.17, 15) is 9.59 Å². The summed E-state index contributed by atoms with van der Waals surface area (Å²) in [5.74, 6) is 0.103. The van der Waals surface area contributed by atoms with Crippen molar-refractivity contribution in [3.8, 4) is 0 Å². The SMILES string of the molecule is CCCCn1c(SCC(=O)NCc2ccc(Cl)cc2)n[nH]c1=O. The zero-order valence-electron chi connectivity index (χ0n) is 12.8. The largest absolute Gasteiger partial charge is 0.351 e. The van der Waals surface area contributed by atoms with Crippen LogP contribution >= 0.6 is 23.4 Å². The van der Waals surface area contributed by atoms with Crippen molar-refractivity contribution in [2.75, 3.05) is 5.75 Å². The van der Waals surface area contributed by atoms with E-state index in [0.717, 1.165) is 18.4 Å². The number of nitrogens with zero attached hydrogens (tertiary/aromatic N) is 2. The third-order valence-electron chi connectivity index (χ3n) is 3.19. The first-order chi connectivity index (χ1) is 11.1. The molecule has 0 radical (unpaired) electrons. The molecule has 23 heavy (non-hydrogen) atoms. The highest BCUT2D eigenvalue weighted by molar-refractivity contribution is 7.99. The molecule has 0 bridgehead atoms. The second-order valence-corrected chi connectivity index (χ2v) is 6.39. The lowest BCUT2D eigenvalue weighted by Gasteiger charge is -2.06. The molecule has 6 nitrogen and oxygen atoms in total.